The molecule has 1 heterocycles. The molecular weight excluding hydrogens is 216 g/mol. The second-order valence-electron chi connectivity index (χ2n) is 3.56. The Morgan fingerprint density at radius 3 is 2.31 bits per heavy atom. The molecule has 0 aromatic rings. The lowest BCUT2D eigenvalue weighted by atomic mass is 10.1. The summed E-state index contributed by atoms with van der Waals surface area (Å²) < 4.78 is 0. The summed E-state index contributed by atoms with van der Waals surface area (Å²) in [5, 5.41) is 0.444. The van der Waals surface area contributed by atoms with E-state index < -0.39 is 29.6 Å². The fourth-order valence-corrected chi connectivity index (χ4v) is 1.22. The number of hydroxylamine groups is 2. The molecule has 7 nitrogen and oxygen atoms in total. The van der Waals surface area contributed by atoms with Gasteiger partial charge in [-0.1, -0.05) is 6.92 Å². The summed E-state index contributed by atoms with van der Waals surface area (Å²) in [6, 6.07) is 0. The van der Waals surface area contributed by atoms with Gasteiger partial charge in [-0.2, -0.15) is 0 Å². The quantitative estimate of drug-likeness (QED) is 0.628. The van der Waals surface area contributed by atoms with Gasteiger partial charge in [0.25, 0.3) is 11.8 Å². The lowest BCUT2D eigenvalue weighted by molar-refractivity contribution is -0.200. The molecule has 0 radical (unpaired) electrons. The lowest BCUT2D eigenvalue weighted by Crippen LogP contribution is -2.35. The standard InChI is InChI=1S/C9H12N2O5/c1-5(4-6(10)12)9(15)16-11-7(13)2-3-8(11)14/h5H,2-4H2,1H3,(H2,10,12)/t5-/m0/s1. The number of carbonyl (C=O) groups excluding carboxylic acids is 4. The van der Waals surface area contributed by atoms with Crippen LogP contribution in [0.4, 0.5) is 0 Å². The summed E-state index contributed by atoms with van der Waals surface area (Å²) in [6.07, 6.45) is -0.109. The zero-order valence-corrected chi connectivity index (χ0v) is 8.76. The summed E-state index contributed by atoms with van der Waals surface area (Å²) >= 11 is 0. The highest BCUT2D eigenvalue weighted by Crippen LogP contribution is 2.14. The minimum absolute atomic E-state index is 0.0380. The maximum atomic E-state index is 11.3. The van der Waals surface area contributed by atoms with Crippen molar-refractivity contribution in [2.45, 2.75) is 26.2 Å². The summed E-state index contributed by atoms with van der Waals surface area (Å²) in [7, 11) is 0. The van der Waals surface area contributed by atoms with E-state index in [1.165, 1.54) is 6.92 Å². The van der Waals surface area contributed by atoms with Gasteiger partial charge < -0.3 is 10.6 Å². The highest BCUT2D eigenvalue weighted by atomic mass is 16.7. The first-order chi connectivity index (χ1) is 7.41. The van der Waals surface area contributed by atoms with Gasteiger partial charge in [-0.3, -0.25) is 14.4 Å². The molecule has 0 spiro atoms. The number of nitrogens with zero attached hydrogens (tertiary/aromatic N) is 1. The number of rotatable bonds is 4. The Morgan fingerprint density at radius 1 is 1.38 bits per heavy atom. The first-order valence-corrected chi connectivity index (χ1v) is 4.77. The Morgan fingerprint density at radius 2 is 1.88 bits per heavy atom. The molecule has 3 amide bonds. The van der Waals surface area contributed by atoms with Crippen LogP contribution in [0.15, 0.2) is 0 Å². The van der Waals surface area contributed by atoms with E-state index in [9.17, 15) is 19.2 Å². The molecule has 0 bridgehead atoms. The number of hydrogen-bond donors (Lipinski definition) is 1. The predicted molar refractivity (Wildman–Crippen MR) is 50.2 cm³/mol. The maximum absolute atomic E-state index is 11.3. The van der Waals surface area contributed by atoms with Gasteiger partial charge in [0, 0.05) is 19.3 Å². The zero-order valence-electron chi connectivity index (χ0n) is 8.76. The van der Waals surface area contributed by atoms with Crippen LogP contribution >= 0.6 is 0 Å². The fourth-order valence-electron chi connectivity index (χ4n) is 1.22. The third kappa shape index (κ3) is 2.78. The number of carbonyl (C=O) groups is 4. The SMILES string of the molecule is C[C@@H](CC(N)=O)C(=O)ON1C(=O)CCC1=O. The first-order valence-electron chi connectivity index (χ1n) is 4.77. The number of amides is 3. The van der Waals surface area contributed by atoms with Crippen molar-refractivity contribution in [2.24, 2.45) is 11.7 Å². The largest absolute Gasteiger partial charge is 0.370 e. The summed E-state index contributed by atoms with van der Waals surface area (Å²) in [6.45, 7) is 1.43. The van der Waals surface area contributed by atoms with Gasteiger partial charge in [-0.25, -0.2) is 4.79 Å². The highest BCUT2D eigenvalue weighted by Gasteiger charge is 2.34. The van der Waals surface area contributed by atoms with Gasteiger partial charge in [0.1, 0.15) is 0 Å². The fraction of sp³-hybridized carbons (Fsp3) is 0.556. The molecule has 16 heavy (non-hydrogen) atoms. The molecule has 88 valence electrons. The average Bonchev–Trinajstić information content (AvgIpc) is 2.48. The number of imide groups is 1. The topological polar surface area (TPSA) is 107 Å². The molecule has 0 unspecified atom stereocenters. The molecule has 7 heteroatoms. The summed E-state index contributed by atoms with van der Waals surface area (Å²) in [5.74, 6) is -3.35. The van der Waals surface area contributed by atoms with Crippen LogP contribution in [0.3, 0.4) is 0 Å². The van der Waals surface area contributed by atoms with Crippen LogP contribution in [0.2, 0.25) is 0 Å². The molecule has 1 atom stereocenters. The monoisotopic (exact) mass is 228 g/mol. The molecule has 0 aromatic carbocycles. The van der Waals surface area contributed by atoms with Gasteiger partial charge in [0.05, 0.1) is 5.92 Å². The van der Waals surface area contributed by atoms with Crippen molar-refractivity contribution in [1.82, 2.24) is 5.06 Å². The minimum Gasteiger partial charge on any atom is -0.370 e. The summed E-state index contributed by atoms with van der Waals surface area (Å²) in [5.41, 5.74) is 4.90. The van der Waals surface area contributed by atoms with Crippen LogP contribution < -0.4 is 5.73 Å². The molecule has 1 aliphatic rings. The highest BCUT2D eigenvalue weighted by molar-refractivity contribution is 6.01. The van der Waals surface area contributed by atoms with Crippen LogP contribution in [-0.4, -0.2) is 28.8 Å². The smallest absolute Gasteiger partial charge is 0.336 e. The van der Waals surface area contributed by atoms with Crippen molar-refractivity contribution in [2.75, 3.05) is 0 Å². The van der Waals surface area contributed by atoms with Gasteiger partial charge in [0.15, 0.2) is 0 Å². The summed E-state index contributed by atoms with van der Waals surface area (Å²) in [4.78, 5) is 48.7. The Bertz CT molecular complexity index is 336. The van der Waals surface area contributed by atoms with Crippen LogP contribution in [0.5, 0.6) is 0 Å². The molecular formula is C9H12N2O5. The molecule has 0 aromatic heterocycles. The molecule has 1 fully saturated rings. The number of nitrogens with two attached hydrogens (primary N) is 1. The molecule has 0 saturated carbocycles. The van der Waals surface area contributed by atoms with Crippen molar-refractivity contribution in [3.05, 3.63) is 0 Å². The van der Waals surface area contributed by atoms with E-state index in [2.05, 4.69) is 4.84 Å². The van der Waals surface area contributed by atoms with Gasteiger partial charge >= 0.3 is 5.97 Å². The molecule has 1 aliphatic heterocycles. The van der Waals surface area contributed by atoms with Crippen molar-refractivity contribution in [3.8, 4) is 0 Å². The Balaban J connectivity index is 2.53. The average molecular weight is 228 g/mol. The molecule has 1 saturated heterocycles. The minimum atomic E-state index is -0.817. The lowest BCUT2D eigenvalue weighted by Gasteiger charge is -2.15. The maximum Gasteiger partial charge on any atom is 0.336 e. The van der Waals surface area contributed by atoms with Crippen molar-refractivity contribution >= 4 is 23.7 Å². The van der Waals surface area contributed by atoms with Crippen molar-refractivity contribution in [1.29, 1.82) is 0 Å². The van der Waals surface area contributed by atoms with E-state index in [-0.39, 0.29) is 19.3 Å². The molecule has 1 rings (SSSR count). The van der Waals surface area contributed by atoms with Crippen LogP contribution in [0.1, 0.15) is 26.2 Å². The van der Waals surface area contributed by atoms with Crippen LogP contribution in [0.25, 0.3) is 0 Å². The van der Waals surface area contributed by atoms with Gasteiger partial charge in [-0.05, 0) is 0 Å². The van der Waals surface area contributed by atoms with E-state index in [0.717, 1.165) is 0 Å². The molecule has 2 N–H and O–H groups in total. The van der Waals surface area contributed by atoms with E-state index in [1.54, 1.807) is 0 Å². The molecule has 0 aliphatic carbocycles. The van der Waals surface area contributed by atoms with Gasteiger partial charge in [-0.15, -0.1) is 5.06 Å². The normalized spacial score (nSPS) is 17.4. The van der Waals surface area contributed by atoms with Crippen LogP contribution in [0, 0.1) is 5.92 Å². The second kappa shape index (κ2) is 4.73. The first kappa shape index (κ1) is 12.2. The van der Waals surface area contributed by atoms with Gasteiger partial charge in [0.2, 0.25) is 5.91 Å². The van der Waals surface area contributed by atoms with Crippen LogP contribution in [-0.2, 0) is 24.0 Å². The van der Waals surface area contributed by atoms with E-state index in [1.807, 2.05) is 0 Å². The zero-order chi connectivity index (χ0) is 12.3. The Labute approximate surface area is 91.5 Å². The Kier molecular flexibility index (Phi) is 3.60. The number of primary amides is 1. The second-order valence-corrected chi connectivity index (χ2v) is 3.56. The van der Waals surface area contributed by atoms with E-state index in [0.29, 0.717) is 5.06 Å². The van der Waals surface area contributed by atoms with Crippen molar-refractivity contribution in [3.63, 3.8) is 0 Å². The Hall–Kier alpha value is -1.92. The third-order valence-electron chi connectivity index (χ3n) is 2.10. The van der Waals surface area contributed by atoms with Crippen molar-refractivity contribution < 1.29 is 24.0 Å². The van der Waals surface area contributed by atoms with E-state index >= 15 is 0 Å². The predicted octanol–water partition coefficient (Wildman–Crippen LogP) is -0.895. The number of hydrogen-bond acceptors (Lipinski definition) is 5. The van der Waals surface area contributed by atoms with E-state index in [4.69, 9.17) is 5.73 Å². The third-order valence-corrected chi connectivity index (χ3v) is 2.10.